The fraction of sp³-hybridized carbons (Fsp3) is 0.643. The lowest BCUT2D eigenvalue weighted by Gasteiger charge is -2.35. The van der Waals surface area contributed by atoms with Crippen molar-refractivity contribution in [2.24, 2.45) is 5.92 Å². The molecule has 1 aliphatic heterocycles. The zero-order chi connectivity index (χ0) is 13.9. The van der Waals surface area contributed by atoms with Gasteiger partial charge >= 0.3 is 5.97 Å². The molecule has 0 N–H and O–H groups in total. The van der Waals surface area contributed by atoms with Crippen molar-refractivity contribution in [2.75, 3.05) is 44.7 Å². The maximum absolute atomic E-state index is 11.3. The van der Waals surface area contributed by atoms with Gasteiger partial charge in [0.25, 0.3) is 0 Å². The average Bonchev–Trinajstić information content (AvgIpc) is 3.31. The van der Waals surface area contributed by atoms with Crippen LogP contribution < -0.4 is 4.90 Å². The molecule has 0 aromatic carbocycles. The Morgan fingerprint density at radius 2 is 2.00 bits per heavy atom. The van der Waals surface area contributed by atoms with Crippen LogP contribution in [0.5, 0.6) is 0 Å². The Bertz CT molecular complexity index is 465. The van der Waals surface area contributed by atoms with Crippen molar-refractivity contribution in [1.82, 2.24) is 14.9 Å². The Hall–Kier alpha value is -1.69. The minimum atomic E-state index is -0.446. The van der Waals surface area contributed by atoms with Crippen LogP contribution in [-0.4, -0.2) is 60.7 Å². The van der Waals surface area contributed by atoms with E-state index in [0.29, 0.717) is 0 Å². The van der Waals surface area contributed by atoms with Crippen LogP contribution in [0.15, 0.2) is 12.4 Å². The third-order valence-electron chi connectivity index (χ3n) is 3.94. The molecule has 3 rings (SSSR count). The molecule has 0 atom stereocenters. The van der Waals surface area contributed by atoms with Crippen molar-refractivity contribution in [3.05, 3.63) is 18.1 Å². The van der Waals surface area contributed by atoms with E-state index in [-0.39, 0.29) is 5.69 Å². The average molecular weight is 276 g/mol. The molecule has 20 heavy (non-hydrogen) atoms. The lowest BCUT2D eigenvalue weighted by Crippen LogP contribution is -2.47. The van der Waals surface area contributed by atoms with Crippen LogP contribution >= 0.6 is 0 Å². The highest BCUT2D eigenvalue weighted by atomic mass is 16.5. The molecule has 6 nitrogen and oxygen atoms in total. The second-order valence-corrected chi connectivity index (χ2v) is 5.48. The highest BCUT2D eigenvalue weighted by Gasteiger charge is 2.26. The minimum Gasteiger partial charge on any atom is -0.464 e. The summed E-state index contributed by atoms with van der Waals surface area (Å²) in [6.45, 7) is 5.35. The summed E-state index contributed by atoms with van der Waals surface area (Å²) in [4.78, 5) is 24.5. The molecule has 108 valence electrons. The first-order valence-corrected chi connectivity index (χ1v) is 7.14. The maximum atomic E-state index is 11.3. The van der Waals surface area contributed by atoms with E-state index in [2.05, 4.69) is 24.5 Å². The zero-order valence-corrected chi connectivity index (χ0v) is 11.8. The quantitative estimate of drug-likeness (QED) is 0.758. The zero-order valence-electron chi connectivity index (χ0n) is 11.8. The molecule has 1 saturated carbocycles. The van der Waals surface area contributed by atoms with Gasteiger partial charge in [0.05, 0.1) is 19.5 Å². The van der Waals surface area contributed by atoms with Crippen LogP contribution in [0.4, 0.5) is 5.82 Å². The number of ether oxygens (including phenoxy) is 1. The smallest absolute Gasteiger partial charge is 0.358 e. The van der Waals surface area contributed by atoms with Gasteiger partial charge in [0.15, 0.2) is 5.69 Å². The van der Waals surface area contributed by atoms with Gasteiger partial charge in [0, 0.05) is 32.7 Å². The number of esters is 1. The van der Waals surface area contributed by atoms with Gasteiger partial charge < -0.3 is 9.64 Å². The van der Waals surface area contributed by atoms with Crippen molar-refractivity contribution in [1.29, 1.82) is 0 Å². The number of aromatic nitrogens is 2. The first kappa shape index (κ1) is 13.3. The van der Waals surface area contributed by atoms with Crippen LogP contribution in [0.2, 0.25) is 0 Å². The van der Waals surface area contributed by atoms with Crippen LogP contribution in [0.3, 0.4) is 0 Å². The summed E-state index contributed by atoms with van der Waals surface area (Å²) in [5.41, 5.74) is 0.253. The van der Waals surface area contributed by atoms with E-state index in [1.807, 2.05) is 0 Å². The molecular weight excluding hydrogens is 256 g/mol. The largest absolute Gasteiger partial charge is 0.464 e. The van der Waals surface area contributed by atoms with Crippen molar-refractivity contribution in [3.8, 4) is 0 Å². The summed E-state index contributed by atoms with van der Waals surface area (Å²) in [6, 6.07) is 0. The summed E-state index contributed by atoms with van der Waals surface area (Å²) in [5, 5.41) is 0. The van der Waals surface area contributed by atoms with Gasteiger partial charge in [0.2, 0.25) is 0 Å². The molecule has 0 spiro atoms. The Morgan fingerprint density at radius 1 is 1.25 bits per heavy atom. The van der Waals surface area contributed by atoms with Gasteiger partial charge in [0.1, 0.15) is 5.82 Å². The van der Waals surface area contributed by atoms with Crippen molar-refractivity contribution >= 4 is 11.8 Å². The van der Waals surface area contributed by atoms with E-state index in [9.17, 15) is 4.79 Å². The topological polar surface area (TPSA) is 58.6 Å². The third kappa shape index (κ3) is 3.07. The summed E-state index contributed by atoms with van der Waals surface area (Å²) >= 11 is 0. The Kier molecular flexibility index (Phi) is 3.82. The molecule has 0 radical (unpaired) electrons. The number of hydrogen-bond donors (Lipinski definition) is 0. The summed E-state index contributed by atoms with van der Waals surface area (Å²) in [6.07, 6.45) is 5.95. The molecule has 1 saturated heterocycles. The summed E-state index contributed by atoms with van der Waals surface area (Å²) in [5.74, 6) is 1.34. The first-order valence-electron chi connectivity index (χ1n) is 7.14. The molecule has 2 heterocycles. The van der Waals surface area contributed by atoms with Crippen LogP contribution in [0.25, 0.3) is 0 Å². The molecule has 2 aliphatic rings. The third-order valence-corrected chi connectivity index (χ3v) is 3.94. The fourth-order valence-electron chi connectivity index (χ4n) is 2.52. The van der Waals surface area contributed by atoms with E-state index in [4.69, 9.17) is 0 Å². The maximum Gasteiger partial charge on any atom is 0.358 e. The summed E-state index contributed by atoms with van der Waals surface area (Å²) in [7, 11) is 1.34. The van der Waals surface area contributed by atoms with E-state index in [1.54, 1.807) is 6.20 Å². The Balaban J connectivity index is 1.55. The van der Waals surface area contributed by atoms with Gasteiger partial charge in [-0.1, -0.05) is 0 Å². The predicted molar refractivity (Wildman–Crippen MR) is 74.7 cm³/mol. The monoisotopic (exact) mass is 276 g/mol. The standard InChI is InChI=1S/C14H20N4O2/c1-20-14(19)12-8-16-13(9-15-12)18-6-4-17(5-7-18)10-11-2-3-11/h8-9,11H,2-7,10H2,1H3. The molecule has 1 aromatic rings. The van der Waals surface area contributed by atoms with Gasteiger partial charge in [-0.3, -0.25) is 4.90 Å². The molecule has 1 aliphatic carbocycles. The first-order chi connectivity index (χ1) is 9.76. The summed E-state index contributed by atoms with van der Waals surface area (Å²) < 4.78 is 4.62. The number of anilines is 1. The number of carbonyl (C=O) groups is 1. The van der Waals surface area contributed by atoms with Crippen LogP contribution in [0.1, 0.15) is 23.3 Å². The van der Waals surface area contributed by atoms with Gasteiger partial charge in [-0.15, -0.1) is 0 Å². The lowest BCUT2D eigenvalue weighted by atomic mass is 10.3. The Labute approximate surface area is 118 Å². The number of nitrogens with zero attached hydrogens (tertiary/aromatic N) is 4. The van der Waals surface area contributed by atoms with Crippen LogP contribution in [-0.2, 0) is 4.74 Å². The Morgan fingerprint density at radius 3 is 2.55 bits per heavy atom. The molecule has 0 unspecified atom stereocenters. The second kappa shape index (κ2) is 5.75. The fourth-order valence-corrected chi connectivity index (χ4v) is 2.52. The minimum absolute atomic E-state index is 0.253. The number of carbonyl (C=O) groups excluding carboxylic acids is 1. The highest BCUT2D eigenvalue weighted by molar-refractivity contribution is 5.86. The number of rotatable bonds is 4. The normalized spacial score (nSPS) is 19.9. The molecule has 0 amide bonds. The van der Waals surface area contributed by atoms with E-state index < -0.39 is 5.97 Å². The van der Waals surface area contributed by atoms with Gasteiger partial charge in [-0.2, -0.15) is 0 Å². The van der Waals surface area contributed by atoms with E-state index >= 15 is 0 Å². The number of hydrogen-bond acceptors (Lipinski definition) is 6. The molecular formula is C14H20N4O2. The molecule has 2 fully saturated rings. The molecule has 0 bridgehead atoms. The van der Waals surface area contributed by atoms with Crippen LogP contribution in [0, 0.1) is 5.92 Å². The van der Waals surface area contributed by atoms with E-state index in [0.717, 1.165) is 37.9 Å². The SMILES string of the molecule is COC(=O)c1cnc(N2CCN(CC3CC3)CC2)cn1. The van der Waals surface area contributed by atoms with Gasteiger partial charge in [-0.05, 0) is 18.8 Å². The van der Waals surface area contributed by atoms with E-state index in [1.165, 1.54) is 32.7 Å². The lowest BCUT2D eigenvalue weighted by molar-refractivity contribution is 0.0593. The van der Waals surface area contributed by atoms with Crippen molar-refractivity contribution in [3.63, 3.8) is 0 Å². The molecule has 1 aromatic heterocycles. The van der Waals surface area contributed by atoms with Crippen molar-refractivity contribution < 1.29 is 9.53 Å². The van der Waals surface area contributed by atoms with Gasteiger partial charge in [-0.25, -0.2) is 14.8 Å². The number of methoxy groups -OCH3 is 1. The second-order valence-electron chi connectivity index (χ2n) is 5.48. The molecule has 6 heteroatoms. The van der Waals surface area contributed by atoms with Crippen molar-refractivity contribution in [2.45, 2.75) is 12.8 Å². The highest BCUT2D eigenvalue weighted by Crippen LogP contribution is 2.30. The predicted octanol–water partition coefficient (Wildman–Crippen LogP) is 0.795. The number of piperazine rings is 1.